The number of hydrogen-bond acceptors (Lipinski definition) is 2. The Balaban J connectivity index is 1.95. The van der Waals surface area contributed by atoms with Crippen molar-refractivity contribution in [2.24, 2.45) is 18.9 Å². The molecule has 0 spiro atoms. The summed E-state index contributed by atoms with van der Waals surface area (Å²) in [6.45, 7) is 4.71. The van der Waals surface area contributed by atoms with Gasteiger partial charge in [-0.1, -0.05) is 6.92 Å². The Bertz CT molecular complexity index is 292. The Morgan fingerprint density at radius 1 is 1.64 bits per heavy atom. The lowest BCUT2D eigenvalue weighted by Gasteiger charge is -2.29. The first kappa shape index (κ1) is 9.71. The molecule has 0 saturated carbocycles. The van der Waals surface area contributed by atoms with Gasteiger partial charge >= 0.3 is 0 Å². The van der Waals surface area contributed by atoms with Crippen molar-refractivity contribution in [3.8, 4) is 0 Å². The summed E-state index contributed by atoms with van der Waals surface area (Å²) in [5.74, 6) is 1.63. The van der Waals surface area contributed by atoms with Crippen LogP contribution in [0.3, 0.4) is 0 Å². The van der Waals surface area contributed by atoms with Crippen LogP contribution in [0, 0.1) is 11.8 Å². The summed E-state index contributed by atoms with van der Waals surface area (Å²) in [4.78, 5) is 0. The first-order valence-electron chi connectivity index (χ1n) is 5.44. The summed E-state index contributed by atoms with van der Waals surface area (Å²) in [6, 6.07) is 0. The summed E-state index contributed by atoms with van der Waals surface area (Å²) in [5, 5.41) is 7.67. The Kier molecular flexibility index (Phi) is 2.87. The van der Waals surface area contributed by atoms with E-state index in [1.54, 1.807) is 0 Å². The van der Waals surface area contributed by atoms with Crippen molar-refractivity contribution in [2.75, 3.05) is 13.1 Å². The predicted octanol–water partition coefficient (Wildman–Crippen LogP) is 1.21. The van der Waals surface area contributed by atoms with Gasteiger partial charge in [0.15, 0.2) is 0 Å². The highest BCUT2D eigenvalue weighted by Gasteiger charge is 2.21. The molecule has 1 saturated heterocycles. The average Bonchev–Trinajstić information content (AvgIpc) is 2.56. The maximum Gasteiger partial charge on any atom is 0.0521 e. The van der Waals surface area contributed by atoms with E-state index in [1.807, 2.05) is 17.9 Å². The van der Waals surface area contributed by atoms with E-state index in [4.69, 9.17) is 0 Å². The number of aromatic nitrogens is 2. The number of hydrogen-bond donors (Lipinski definition) is 1. The van der Waals surface area contributed by atoms with Gasteiger partial charge in [-0.3, -0.25) is 4.68 Å². The molecule has 14 heavy (non-hydrogen) atoms. The highest BCUT2D eigenvalue weighted by molar-refractivity contribution is 5.05. The van der Waals surface area contributed by atoms with E-state index < -0.39 is 0 Å². The largest absolute Gasteiger partial charge is 0.316 e. The molecule has 1 aliphatic heterocycles. The standard InChI is InChI=1S/C11H19N3/c1-9-3-4-12-7-11(9)5-10-6-13-14(2)8-10/h6,8-9,11-12H,3-5,7H2,1-2H3. The molecule has 2 unspecified atom stereocenters. The van der Waals surface area contributed by atoms with E-state index in [9.17, 15) is 0 Å². The fraction of sp³-hybridized carbons (Fsp3) is 0.727. The third-order valence-corrected chi connectivity index (χ3v) is 3.24. The summed E-state index contributed by atoms with van der Waals surface area (Å²) in [7, 11) is 1.98. The molecule has 3 nitrogen and oxygen atoms in total. The van der Waals surface area contributed by atoms with Gasteiger partial charge in [0, 0.05) is 13.2 Å². The Hall–Kier alpha value is -0.830. The van der Waals surface area contributed by atoms with Gasteiger partial charge in [0.25, 0.3) is 0 Å². The fourth-order valence-corrected chi connectivity index (χ4v) is 2.21. The monoisotopic (exact) mass is 193 g/mol. The first-order valence-corrected chi connectivity index (χ1v) is 5.44. The second-order valence-electron chi connectivity index (χ2n) is 4.46. The van der Waals surface area contributed by atoms with Crippen molar-refractivity contribution in [2.45, 2.75) is 19.8 Å². The summed E-state index contributed by atoms with van der Waals surface area (Å²) in [5.41, 5.74) is 1.37. The molecule has 2 atom stereocenters. The molecule has 2 heterocycles. The minimum Gasteiger partial charge on any atom is -0.316 e. The normalized spacial score (nSPS) is 27.9. The molecule has 1 aromatic rings. The molecule has 1 fully saturated rings. The number of nitrogens with zero attached hydrogens (tertiary/aromatic N) is 2. The summed E-state index contributed by atoms with van der Waals surface area (Å²) < 4.78 is 1.89. The zero-order valence-corrected chi connectivity index (χ0v) is 9.03. The lowest BCUT2D eigenvalue weighted by Crippen LogP contribution is -2.36. The number of rotatable bonds is 2. The van der Waals surface area contributed by atoms with Crippen LogP contribution in [0.2, 0.25) is 0 Å². The van der Waals surface area contributed by atoms with E-state index in [1.165, 1.54) is 24.9 Å². The van der Waals surface area contributed by atoms with E-state index in [-0.39, 0.29) is 0 Å². The van der Waals surface area contributed by atoms with Gasteiger partial charge in [0.1, 0.15) is 0 Å². The second kappa shape index (κ2) is 4.13. The smallest absolute Gasteiger partial charge is 0.0521 e. The van der Waals surface area contributed by atoms with Crippen LogP contribution in [0.15, 0.2) is 12.4 Å². The molecule has 1 aliphatic rings. The third kappa shape index (κ3) is 2.15. The van der Waals surface area contributed by atoms with Crippen LogP contribution in [0.5, 0.6) is 0 Å². The van der Waals surface area contributed by atoms with Crippen molar-refractivity contribution in [1.82, 2.24) is 15.1 Å². The highest BCUT2D eigenvalue weighted by atomic mass is 15.2. The molecule has 0 amide bonds. The topological polar surface area (TPSA) is 29.9 Å². The van der Waals surface area contributed by atoms with Crippen molar-refractivity contribution in [3.05, 3.63) is 18.0 Å². The lowest BCUT2D eigenvalue weighted by atomic mass is 9.84. The summed E-state index contributed by atoms with van der Waals surface area (Å²) in [6.07, 6.45) is 6.59. The third-order valence-electron chi connectivity index (χ3n) is 3.24. The molecule has 1 N–H and O–H groups in total. The molecular weight excluding hydrogens is 174 g/mol. The zero-order valence-electron chi connectivity index (χ0n) is 9.03. The predicted molar refractivity (Wildman–Crippen MR) is 57.1 cm³/mol. The molecule has 2 rings (SSSR count). The lowest BCUT2D eigenvalue weighted by molar-refractivity contribution is 0.272. The molecule has 78 valence electrons. The molecular formula is C11H19N3. The first-order chi connectivity index (χ1) is 6.75. The van der Waals surface area contributed by atoms with Crippen molar-refractivity contribution in [3.63, 3.8) is 0 Å². The minimum absolute atomic E-state index is 0.785. The summed E-state index contributed by atoms with van der Waals surface area (Å²) >= 11 is 0. The van der Waals surface area contributed by atoms with Gasteiger partial charge in [-0.25, -0.2) is 0 Å². The van der Waals surface area contributed by atoms with E-state index >= 15 is 0 Å². The molecule has 3 heteroatoms. The SMILES string of the molecule is CC1CCNCC1Cc1cnn(C)c1. The highest BCUT2D eigenvalue weighted by Crippen LogP contribution is 2.22. The van der Waals surface area contributed by atoms with Crippen LogP contribution >= 0.6 is 0 Å². The Morgan fingerprint density at radius 3 is 3.14 bits per heavy atom. The maximum atomic E-state index is 4.20. The van der Waals surface area contributed by atoms with Crippen LogP contribution in [-0.4, -0.2) is 22.9 Å². The van der Waals surface area contributed by atoms with Crippen LogP contribution in [0.25, 0.3) is 0 Å². The Labute approximate surface area is 85.5 Å². The fourth-order valence-electron chi connectivity index (χ4n) is 2.21. The maximum absolute atomic E-state index is 4.20. The van der Waals surface area contributed by atoms with Crippen LogP contribution < -0.4 is 5.32 Å². The van der Waals surface area contributed by atoms with Crippen molar-refractivity contribution in [1.29, 1.82) is 0 Å². The van der Waals surface area contributed by atoms with Crippen molar-refractivity contribution < 1.29 is 0 Å². The number of nitrogens with one attached hydrogen (secondary N) is 1. The van der Waals surface area contributed by atoms with Gasteiger partial charge in [-0.2, -0.15) is 5.10 Å². The zero-order chi connectivity index (χ0) is 9.97. The molecule has 0 bridgehead atoms. The molecule has 0 radical (unpaired) electrons. The van der Waals surface area contributed by atoms with Crippen LogP contribution in [0.4, 0.5) is 0 Å². The quantitative estimate of drug-likeness (QED) is 0.765. The molecule has 0 aliphatic carbocycles. The number of aryl methyl sites for hydroxylation is 1. The van der Waals surface area contributed by atoms with E-state index in [2.05, 4.69) is 23.5 Å². The molecule has 1 aromatic heterocycles. The minimum atomic E-state index is 0.785. The van der Waals surface area contributed by atoms with Gasteiger partial charge < -0.3 is 5.32 Å². The van der Waals surface area contributed by atoms with E-state index in [0.717, 1.165) is 18.4 Å². The van der Waals surface area contributed by atoms with Crippen molar-refractivity contribution >= 4 is 0 Å². The van der Waals surface area contributed by atoms with E-state index in [0.29, 0.717) is 0 Å². The number of piperidine rings is 1. The van der Waals surface area contributed by atoms with Gasteiger partial charge in [-0.05, 0) is 43.3 Å². The van der Waals surface area contributed by atoms with Crippen LogP contribution in [-0.2, 0) is 13.5 Å². The average molecular weight is 193 g/mol. The van der Waals surface area contributed by atoms with Gasteiger partial charge in [-0.15, -0.1) is 0 Å². The Morgan fingerprint density at radius 2 is 2.50 bits per heavy atom. The van der Waals surface area contributed by atoms with Gasteiger partial charge in [0.05, 0.1) is 6.20 Å². The van der Waals surface area contributed by atoms with Gasteiger partial charge in [0.2, 0.25) is 0 Å². The van der Waals surface area contributed by atoms with Crippen LogP contribution in [0.1, 0.15) is 18.9 Å². The second-order valence-corrected chi connectivity index (χ2v) is 4.46. The molecule has 0 aromatic carbocycles.